The van der Waals surface area contributed by atoms with Gasteiger partial charge in [0.15, 0.2) is 0 Å². The lowest BCUT2D eigenvalue weighted by Gasteiger charge is -2.18. The molecule has 2 aromatic rings. The minimum Gasteiger partial charge on any atom is -0.497 e. The van der Waals surface area contributed by atoms with Crippen molar-refractivity contribution in [3.05, 3.63) is 47.5 Å². The highest BCUT2D eigenvalue weighted by Gasteiger charge is 2.22. The van der Waals surface area contributed by atoms with E-state index in [2.05, 4.69) is 4.72 Å². The molecule has 6 nitrogen and oxygen atoms in total. The smallest absolute Gasteiger partial charge is 0.241 e. The van der Waals surface area contributed by atoms with Crippen LogP contribution in [0.2, 0.25) is 0 Å². The van der Waals surface area contributed by atoms with Gasteiger partial charge in [0.2, 0.25) is 10.0 Å². The summed E-state index contributed by atoms with van der Waals surface area (Å²) < 4.78 is 43.8. The maximum Gasteiger partial charge on any atom is 0.241 e. The average molecular weight is 365 g/mol. The molecule has 0 aliphatic rings. The molecule has 0 unspecified atom stereocenters. The first kappa shape index (κ1) is 19.1. The summed E-state index contributed by atoms with van der Waals surface area (Å²) in [5.74, 6) is 1.85. The zero-order valence-electron chi connectivity index (χ0n) is 15.0. The molecule has 2 rings (SSSR count). The van der Waals surface area contributed by atoms with E-state index in [0.29, 0.717) is 22.8 Å². The zero-order valence-corrected chi connectivity index (χ0v) is 15.8. The van der Waals surface area contributed by atoms with E-state index in [1.165, 1.54) is 6.07 Å². The minimum atomic E-state index is -3.70. The molecule has 0 aromatic heterocycles. The highest BCUT2D eigenvalue weighted by atomic mass is 32.2. The summed E-state index contributed by atoms with van der Waals surface area (Å²) in [5.41, 5.74) is 1.44. The molecule has 0 aliphatic heterocycles. The second-order valence-corrected chi connectivity index (χ2v) is 7.30. The number of hydrogen-bond acceptors (Lipinski definition) is 5. The monoisotopic (exact) mass is 365 g/mol. The Balaban J connectivity index is 2.33. The molecule has 1 atom stereocenters. The Kier molecular flexibility index (Phi) is 5.92. The molecular formula is C18H23NO5S. The second kappa shape index (κ2) is 7.76. The van der Waals surface area contributed by atoms with Crippen LogP contribution in [-0.2, 0) is 10.0 Å². The van der Waals surface area contributed by atoms with E-state index in [9.17, 15) is 8.42 Å². The van der Waals surface area contributed by atoms with Crippen molar-refractivity contribution in [2.75, 3.05) is 21.3 Å². The molecule has 0 fully saturated rings. The van der Waals surface area contributed by atoms with Gasteiger partial charge in [-0.15, -0.1) is 0 Å². The van der Waals surface area contributed by atoms with Gasteiger partial charge in [0.05, 0.1) is 26.2 Å². The van der Waals surface area contributed by atoms with Gasteiger partial charge in [-0.3, -0.25) is 0 Å². The SMILES string of the molecule is COc1ccc(OC)c([C@@H](C)NS(=O)(=O)c2ccc(OC)c(C)c2)c1. The summed E-state index contributed by atoms with van der Waals surface area (Å²) in [5, 5.41) is 0. The summed E-state index contributed by atoms with van der Waals surface area (Å²) in [4.78, 5) is 0.180. The molecule has 0 saturated carbocycles. The third kappa shape index (κ3) is 4.24. The molecule has 0 bridgehead atoms. The molecule has 1 N–H and O–H groups in total. The molecule has 0 spiro atoms. The molecular weight excluding hydrogens is 342 g/mol. The normalized spacial score (nSPS) is 12.5. The maximum absolute atomic E-state index is 12.7. The van der Waals surface area contributed by atoms with Gasteiger partial charge in [-0.1, -0.05) is 0 Å². The van der Waals surface area contributed by atoms with E-state index in [-0.39, 0.29) is 4.90 Å². The van der Waals surface area contributed by atoms with Gasteiger partial charge in [-0.25, -0.2) is 13.1 Å². The van der Waals surface area contributed by atoms with E-state index in [1.807, 2.05) is 0 Å². The van der Waals surface area contributed by atoms with Crippen LogP contribution in [0.4, 0.5) is 0 Å². The van der Waals surface area contributed by atoms with Crippen LogP contribution < -0.4 is 18.9 Å². The number of sulfonamides is 1. The molecule has 25 heavy (non-hydrogen) atoms. The summed E-state index contributed by atoms with van der Waals surface area (Å²) in [6, 6.07) is 9.50. The molecule has 0 saturated heterocycles. The first-order chi connectivity index (χ1) is 11.8. The van der Waals surface area contributed by atoms with Crippen LogP contribution in [0.5, 0.6) is 17.2 Å². The molecule has 0 aliphatic carbocycles. The lowest BCUT2D eigenvalue weighted by molar-refractivity contribution is 0.395. The Labute approximate surface area is 148 Å². The Bertz CT molecular complexity index is 849. The summed E-state index contributed by atoms with van der Waals surface area (Å²) in [6.07, 6.45) is 0. The Morgan fingerprint density at radius 2 is 1.56 bits per heavy atom. The average Bonchev–Trinajstić information content (AvgIpc) is 2.60. The standard InChI is InChI=1S/C18H23NO5S/c1-12-10-15(7-9-17(12)23-4)25(20,21)19-13(2)16-11-14(22-3)6-8-18(16)24-5/h6-11,13,19H,1-5H3/t13-/m1/s1. The van der Waals surface area contributed by atoms with Gasteiger partial charge in [0, 0.05) is 11.6 Å². The zero-order chi connectivity index (χ0) is 18.6. The minimum absolute atomic E-state index is 0.180. The van der Waals surface area contributed by atoms with Crippen molar-refractivity contribution in [2.24, 2.45) is 0 Å². The fourth-order valence-corrected chi connectivity index (χ4v) is 3.87. The highest BCUT2D eigenvalue weighted by molar-refractivity contribution is 7.89. The van der Waals surface area contributed by atoms with Gasteiger partial charge in [0.1, 0.15) is 17.2 Å². The Hall–Kier alpha value is -2.25. The lowest BCUT2D eigenvalue weighted by atomic mass is 10.1. The summed E-state index contributed by atoms with van der Waals surface area (Å²) >= 11 is 0. The summed E-state index contributed by atoms with van der Waals surface area (Å²) in [6.45, 7) is 3.55. The number of hydrogen-bond donors (Lipinski definition) is 1. The number of methoxy groups -OCH3 is 3. The molecule has 7 heteroatoms. The highest BCUT2D eigenvalue weighted by Crippen LogP contribution is 2.30. The number of ether oxygens (including phenoxy) is 3. The van der Waals surface area contributed by atoms with Crippen LogP contribution in [0.3, 0.4) is 0 Å². The first-order valence-electron chi connectivity index (χ1n) is 7.71. The number of nitrogens with one attached hydrogen (secondary N) is 1. The first-order valence-corrected chi connectivity index (χ1v) is 9.19. The van der Waals surface area contributed by atoms with Gasteiger partial charge in [0.25, 0.3) is 0 Å². The predicted octanol–water partition coefficient (Wildman–Crippen LogP) is 3.06. The van der Waals surface area contributed by atoms with Crippen molar-refractivity contribution in [2.45, 2.75) is 24.8 Å². The largest absolute Gasteiger partial charge is 0.497 e. The van der Waals surface area contributed by atoms with Crippen molar-refractivity contribution in [3.63, 3.8) is 0 Å². The van der Waals surface area contributed by atoms with Gasteiger partial charge >= 0.3 is 0 Å². The molecule has 0 amide bonds. The van der Waals surface area contributed by atoms with Crippen molar-refractivity contribution in [3.8, 4) is 17.2 Å². The van der Waals surface area contributed by atoms with Crippen LogP contribution in [0, 0.1) is 6.92 Å². The fraction of sp³-hybridized carbons (Fsp3) is 0.333. The van der Waals surface area contributed by atoms with E-state index in [1.54, 1.807) is 65.5 Å². The lowest BCUT2D eigenvalue weighted by Crippen LogP contribution is -2.27. The molecule has 0 radical (unpaired) electrons. The van der Waals surface area contributed by atoms with Gasteiger partial charge < -0.3 is 14.2 Å². The van der Waals surface area contributed by atoms with Crippen LogP contribution in [0.25, 0.3) is 0 Å². The van der Waals surface area contributed by atoms with E-state index in [0.717, 1.165) is 5.56 Å². The van der Waals surface area contributed by atoms with Gasteiger partial charge in [-0.05, 0) is 55.8 Å². The number of aryl methyl sites for hydroxylation is 1. The van der Waals surface area contributed by atoms with E-state index < -0.39 is 16.1 Å². The number of rotatable bonds is 7. The second-order valence-electron chi connectivity index (χ2n) is 5.58. The van der Waals surface area contributed by atoms with E-state index in [4.69, 9.17) is 14.2 Å². The molecule has 0 heterocycles. The van der Waals surface area contributed by atoms with Crippen molar-refractivity contribution in [1.82, 2.24) is 4.72 Å². The quantitative estimate of drug-likeness (QED) is 0.816. The fourth-order valence-electron chi connectivity index (χ4n) is 2.56. The van der Waals surface area contributed by atoms with E-state index >= 15 is 0 Å². The Morgan fingerprint density at radius 3 is 2.12 bits per heavy atom. The van der Waals surface area contributed by atoms with Crippen LogP contribution in [-0.4, -0.2) is 29.7 Å². The predicted molar refractivity (Wildman–Crippen MR) is 96.0 cm³/mol. The third-order valence-electron chi connectivity index (χ3n) is 3.91. The maximum atomic E-state index is 12.7. The van der Waals surface area contributed by atoms with Crippen molar-refractivity contribution < 1.29 is 22.6 Å². The number of benzene rings is 2. The van der Waals surface area contributed by atoms with Gasteiger partial charge in [-0.2, -0.15) is 0 Å². The third-order valence-corrected chi connectivity index (χ3v) is 5.45. The van der Waals surface area contributed by atoms with Crippen LogP contribution in [0.1, 0.15) is 24.1 Å². The van der Waals surface area contributed by atoms with Crippen molar-refractivity contribution in [1.29, 1.82) is 0 Å². The molecule has 2 aromatic carbocycles. The van der Waals surface area contributed by atoms with Crippen molar-refractivity contribution >= 4 is 10.0 Å². The summed E-state index contributed by atoms with van der Waals surface area (Å²) in [7, 11) is 0.943. The Morgan fingerprint density at radius 1 is 0.920 bits per heavy atom. The topological polar surface area (TPSA) is 73.9 Å². The molecule has 136 valence electrons. The van der Waals surface area contributed by atoms with Crippen LogP contribution in [0.15, 0.2) is 41.3 Å². The van der Waals surface area contributed by atoms with Crippen LogP contribution >= 0.6 is 0 Å².